The Morgan fingerprint density at radius 3 is 2.88 bits per heavy atom. The van der Waals surface area contributed by atoms with E-state index in [-0.39, 0.29) is 0 Å². The molecule has 2 rings (SSSR count). The van der Waals surface area contributed by atoms with Gasteiger partial charge in [-0.2, -0.15) is 0 Å². The molecule has 0 amide bonds. The zero-order valence-electron chi connectivity index (χ0n) is 10.2. The van der Waals surface area contributed by atoms with Crippen LogP contribution in [0.15, 0.2) is 54.6 Å². The predicted molar refractivity (Wildman–Crippen MR) is 71.7 cm³/mol. The van der Waals surface area contributed by atoms with Gasteiger partial charge in [-0.1, -0.05) is 54.6 Å². The fourth-order valence-electron chi connectivity index (χ4n) is 2.05. The van der Waals surface area contributed by atoms with Crippen molar-refractivity contribution in [3.63, 3.8) is 0 Å². The Bertz CT molecular complexity index is 364. The van der Waals surface area contributed by atoms with Crippen LogP contribution < -0.4 is 0 Å². The molecule has 1 unspecified atom stereocenters. The van der Waals surface area contributed by atoms with Crippen LogP contribution in [0.25, 0.3) is 0 Å². The van der Waals surface area contributed by atoms with Gasteiger partial charge in [0.15, 0.2) is 0 Å². The van der Waals surface area contributed by atoms with E-state index in [1.165, 1.54) is 24.8 Å². The van der Waals surface area contributed by atoms with Crippen LogP contribution in [0.4, 0.5) is 0 Å². The molecule has 1 nitrogen and oxygen atoms in total. The predicted octanol–water partition coefficient (Wildman–Crippen LogP) is 4.12. The molecule has 1 heteroatoms. The molecule has 90 valence electrons. The van der Waals surface area contributed by atoms with Gasteiger partial charge in [0, 0.05) is 0 Å². The van der Waals surface area contributed by atoms with Crippen LogP contribution in [-0.2, 0) is 11.3 Å². The van der Waals surface area contributed by atoms with Crippen LogP contribution in [0.2, 0.25) is 0 Å². The first-order valence-electron chi connectivity index (χ1n) is 6.40. The quantitative estimate of drug-likeness (QED) is 0.544. The lowest BCUT2D eigenvalue weighted by Gasteiger charge is -2.11. The van der Waals surface area contributed by atoms with Crippen molar-refractivity contribution in [3.8, 4) is 0 Å². The van der Waals surface area contributed by atoms with Crippen molar-refractivity contribution in [2.45, 2.75) is 25.9 Å². The lowest BCUT2D eigenvalue weighted by molar-refractivity contribution is 0.148. The number of hydrogen-bond acceptors (Lipinski definition) is 1. The second-order valence-corrected chi connectivity index (χ2v) is 4.45. The third-order valence-corrected chi connectivity index (χ3v) is 3.00. The van der Waals surface area contributed by atoms with E-state index >= 15 is 0 Å². The highest BCUT2D eigenvalue weighted by Crippen LogP contribution is 2.17. The minimum absolute atomic E-state index is 0.629. The Balaban J connectivity index is 1.64. The molecule has 1 aliphatic rings. The minimum Gasteiger partial charge on any atom is -0.373 e. The van der Waals surface area contributed by atoms with E-state index in [0.29, 0.717) is 19.1 Å². The fraction of sp³-hybridized carbons (Fsp3) is 0.375. The molecule has 1 aliphatic carbocycles. The number of rotatable bonds is 5. The molecule has 1 aromatic rings. The van der Waals surface area contributed by atoms with Gasteiger partial charge in [-0.3, -0.25) is 0 Å². The molecule has 0 radical (unpaired) electrons. The number of hydrogen-bond donors (Lipinski definition) is 0. The molecule has 0 N–H and O–H groups in total. The van der Waals surface area contributed by atoms with Gasteiger partial charge in [0.05, 0.1) is 13.2 Å². The lowest BCUT2D eigenvalue weighted by Crippen LogP contribution is -1.98. The fourth-order valence-corrected chi connectivity index (χ4v) is 2.05. The van der Waals surface area contributed by atoms with Crippen molar-refractivity contribution in [2.24, 2.45) is 5.92 Å². The van der Waals surface area contributed by atoms with Crippen molar-refractivity contribution in [3.05, 3.63) is 60.2 Å². The summed E-state index contributed by atoms with van der Waals surface area (Å²) in [6.07, 6.45) is 12.8. The van der Waals surface area contributed by atoms with E-state index < -0.39 is 0 Å². The molecule has 0 saturated heterocycles. The molecule has 0 bridgehead atoms. The first kappa shape index (κ1) is 12.1. The maximum Gasteiger partial charge on any atom is 0.0721 e. The van der Waals surface area contributed by atoms with Gasteiger partial charge in [-0.25, -0.2) is 0 Å². The van der Waals surface area contributed by atoms with Crippen molar-refractivity contribution >= 4 is 0 Å². The zero-order chi connectivity index (χ0) is 11.8. The molecule has 0 saturated carbocycles. The monoisotopic (exact) mass is 228 g/mol. The van der Waals surface area contributed by atoms with Crippen LogP contribution >= 0.6 is 0 Å². The third kappa shape index (κ3) is 4.58. The van der Waals surface area contributed by atoms with E-state index in [1.54, 1.807) is 0 Å². The zero-order valence-corrected chi connectivity index (χ0v) is 10.2. The highest BCUT2D eigenvalue weighted by Gasteiger charge is 2.02. The van der Waals surface area contributed by atoms with Crippen LogP contribution in [0.3, 0.4) is 0 Å². The Morgan fingerprint density at radius 2 is 2.12 bits per heavy atom. The summed E-state index contributed by atoms with van der Waals surface area (Å²) in [6.45, 7) is 1.41. The van der Waals surface area contributed by atoms with Crippen LogP contribution in [-0.4, -0.2) is 6.61 Å². The van der Waals surface area contributed by atoms with Crippen LogP contribution in [0.1, 0.15) is 24.8 Å². The van der Waals surface area contributed by atoms with E-state index in [4.69, 9.17) is 4.74 Å². The average molecular weight is 228 g/mol. The molecular formula is C16H20O. The SMILES string of the molecule is C1=CC(/C=C/COCc2ccccc2)CCC1. The van der Waals surface area contributed by atoms with E-state index in [2.05, 4.69) is 36.4 Å². The first-order chi connectivity index (χ1) is 8.45. The Morgan fingerprint density at radius 1 is 1.24 bits per heavy atom. The summed E-state index contributed by atoms with van der Waals surface area (Å²) in [5.74, 6) is 0.629. The summed E-state index contributed by atoms with van der Waals surface area (Å²) >= 11 is 0. The molecule has 0 aliphatic heterocycles. The summed E-state index contributed by atoms with van der Waals surface area (Å²) in [6, 6.07) is 10.3. The van der Waals surface area contributed by atoms with Gasteiger partial charge in [0.1, 0.15) is 0 Å². The molecular weight excluding hydrogens is 208 g/mol. The third-order valence-electron chi connectivity index (χ3n) is 3.00. The largest absolute Gasteiger partial charge is 0.373 e. The van der Waals surface area contributed by atoms with Gasteiger partial charge in [0.2, 0.25) is 0 Å². The Hall–Kier alpha value is -1.34. The summed E-state index contributed by atoms with van der Waals surface area (Å²) in [7, 11) is 0. The molecule has 1 atom stereocenters. The Kier molecular flexibility index (Phi) is 5.05. The first-order valence-corrected chi connectivity index (χ1v) is 6.40. The van der Waals surface area contributed by atoms with Crippen molar-refractivity contribution in [1.29, 1.82) is 0 Å². The van der Waals surface area contributed by atoms with Crippen molar-refractivity contribution in [1.82, 2.24) is 0 Å². The summed E-state index contributed by atoms with van der Waals surface area (Å²) < 4.78 is 5.60. The number of ether oxygens (including phenoxy) is 1. The topological polar surface area (TPSA) is 9.23 Å². The van der Waals surface area contributed by atoms with Crippen molar-refractivity contribution < 1.29 is 4.74 Å². The number of benzene rings is 1. The molecule has 0 spiro atoms. The average Bonchev–Trinajstić information content (AvgIpc) is 2.41. The van der Waals surface area contributed by atoms with Crippen molar-refractivity contribution in [2.75, 3.05) is 6.61 Å². The lowest BCUT2D eigenvalue weighted by atomic mass is 9.96. The van der Waals surface area contributed by atoms with Gasteiger partial charge >= 0.3 is 0 Å². The normalized spacial score (nSPS) is 19.9. The van der Waals surface area contributed by atoms with Gasteiger partial charge in [-0.05, 0) is 30.7 Å². The summed E-state index contributed by atoms with van der Waals surface area (Å²) in [5.41, 5.74) is 1.23. The summed E-state index contributed by atoms with van der Waals surface area (Å²) in [4.78, 5) is 0. The molecule has 0 heterocycles. The maximum atomic E-state index is 5.60. The van der Waals surface area contributed by atoms with Gasteiger partial charge in [0.25, 0.3) is 0 Å². The van der Waals surface area contributed by atoms with Crippen LogP contribution in [0, 0.1) is 5.92 Å². The summed E-state index contributed by atoms with van der Waals surface area (Å²) in [5, 5.41) is 0. The molecule has 1 aromatic carbocycles. The second-order valence-electron chi connectivity index (χ2n) is 4.45. The Labute approximate surface area is 104 Å². The second kappa shape index (κ2) is 7.08. The number of allylic oxidation sites excluding steroid dienone is 3. The standard InChI is InChI=1S/C16H20O/c1-3-8-15(9-4-1)12-7-13-17-14-16-10-5-2-6-11-16/h2-3,5-8,10-12,15H,1,4,9,13-14H2/b12-7+. The highest BCUT2D eigenvalue weighted by atomic mass is 16.5. The van der Waals surface area contributed by atoms with E-state index in [1.807, 2.05) is 18.2 Å². The minimum atomic E-state index is 0.629. The van der Waals surface area contributed by atoms with E-state index in [9.17, 15) is 0 Å². The molecule has 17 heavy (non-hydrogen) atoms. The highest BCUT2D eigenvalue weighted by molar-refractivity contribution is 5.13. The molecule has 0 fully saturated rings. The molecule has 0 aromatic heterocycles. The van der Waals surface area contributed by atoms with Gasteiger partial charge < -0.3 is 4.74 Å². The maximum absolute atomic E-state index is 5.60. The van der Waals surface area contributed by atoms with Gasteiger partial charge in [-0.15, -0.1) is 0 Å². The van der Waals surface area contributed by atoms with E-state index in [0.717, 1.165) is 0 Å². The smallest absolute Gasteiger partial charge is 0.0721 e. The van der Waals surface area contributed by atoms with Crippen LogP contribution in [0.5, 0.6) is 0 Å².